The summed E-state index contributed by atoms with van der Waals surface area (Å²) in [6.45, 7) is 9.99. The van der Waals surface area contributed by atoms with Gasteiger partial charge in [0, 0.05) is 0 Å². The van der Waals surface area contributed by atoms with Crippen molar-refractivity contribution in [3.63, 3.8) is 0 Å². The fourth-order valence-electron chi connectivity index (χ4n) is 10.2. The molecule has 14 bridgehead atoms. The minimum atomic E-state index is -1.89. The summed E-state index contributed by atoms with van der Waals surface area (Å²) in [6, 6.07) is 0. The van der Waals surface area contributed by atoms with Gasteiger partial charge in [0.15, 0.2) is 44.0 Å². The highest BCUT2D eigenvalue weighted by Gasteiger charge is 2.58. The average Bonchev–Trinajstić information content (AvgIpc) is 3.31. The molecule has 21 fully saturated rings. The van der Waals surface area contributed by atoms with Gasteiger partial charge in [0.2, 0.25) is 0 Å². The van der Waals surface area contributed by atoms with E-state index in [2.05, 4.69) is 0 Å². The minimum absolute atomic E-state index is 1.14. The Morgan fingerprint density at radius 1 is 0.157 bits per heavy atom. The second-order valence-corrected chi connectivity index (χ2v) is 19.5. The van der Waals surface area contributed by atoms with Gasteiger partial charge in [-0.15, -0.1) is 0 Å². The average molecular weight is 1020 g/mol. The van der Waals surface area contributed by atoms with Crippen LogP contribution in [0.4, 0.5) is 0 Å². The second-order valence-electron chi connectivity index (χ2n) is 19.5. The molecule has 14 N–H and O–H groups in total. The van der Waals surface area contributed by atoms with Crippen molar-refractivity contribution < 1.29 is 138 Å². The van der Waals surface area contributed by atoms with Gasteiger partial charge < -0.3 is 138 Å². The summed E-state index contributed by atoms with van der Waals surface area (Å²) in [5, 5.41) is 157. The highest BCUT2D eigenvalue weighted by molar-refractivity contribution is 5.00. The number of rotatable bonds is 0. The molecule has 406 valence electrons. The predicted molar refractivity (Wildman–Crippen MR) is 219 cm³/mol. The summed E-state index contributed by atoms with van der Waals surface area (Å²) in [4.78, 5) is 0. The van der Waals surface area contributed by atoms with Crippen molar-refractivity contribution in [2.75, 3.05) is 0 Å². The lowest BCUT2D eigenvalue weighted by molar-refractivity contribution is -0.390. The molecule has 0 aromatic rings. The molecule has 21 aliphatic heterocycles. The fraction of sp³-hybridized carbons (Fsp3) is 1.00. The fourth-order valence-corrected chi connectivity index (χ4v) is 10.2. The first-order valence-corrected chi connectivity index (χ1v) is 23.6. The molecular weight excluding hydrogens is 952 g/mol. The van der Waals surface area contributed by atoms with Gasteiger partial charge in [0.25, 0.3) is 0 Å². The van der Waals surface area contributed by atoms with E-state index in [1.807, 2.05) is 0 Å². The molecule has 21 rings (SSSR count). The van der Waals surface area contributed by atoms with E-state index in [-0.39, 0.29) is 0 Å². The van der Waals surface area contributed by atoms with Crippen LogP contribution in [0, 0.1) is 0 Å². The predicted octanol–water partition coefficient (Wildman–Crippen LogP) is -8.04. The van der Waals surface area contributed by atoms with Crippen LogP contribution in [-0.4, -0.2) is 286 Å². The van der Waals surface area contributed by atoms with Gasteiger partial charge in [-0.1, -0.05) is 0 Å². The Kier molecular flexibility index (Phi) is 17.2. The van der Waals surface area contributed by atoms with Crippen LogP contribution in [-0.2, 0) is 66.3 Å². The van der Waals surface area contributed by atoms with Crippen molar-refractivity contribution in [1.29, 1.82) is 0 Å². The van der Waals surface area contributed by atoms with Crippen LogP contribution in [0.5, 0.6) is 0 Å². The van der Waals surface area contributed by atoms with Crippen LogP contribution in [0.1, 0.15) is 48.5 Å². The quantitative estimate of drug-likeness (QED) is 0.107. The van der Waals surface area contributed by atoms with E-state index in [1.54, 1.807) is 0 Å². The number of aliphatic hydroxyl groups is 14. The van der Waals surface area contributed by atoms with Crippen LogP contribution < -0.4 is 0 Å². The molecule has 70 heavy (non-hydrogen) atoms. The Morgan fingerprint density at radius 3 is 0.357 bits per heavy atom. The Bertz CT molecular complexity index is 1370. The second kappa shape index (κ2) is 21.9. The van der Waals surface area contributed by atoms with Crippen molar-refractivity contribution in [2.45, 2.75) is 263 Å². The summed E-state index contributed by atoms with van der Waals surface area (Å²) >= 11 is 0. The largest absolute Gasteiger partial charge is 0.387 e. The minimum Gasteiger partial charge on any atom is -0.387 e. The van der Waals surface area contributed by atoms with Gasteiger partial charge in [-0.05, 0) is 48.5 Å². The van der Waals surface area contributed by atoms with E-state index in [1.165, 1.54) is 48.5 Å². The molecule has 21 heterocycles. The molecule has 35 atom stereocenters. The number of hydrogen-bond acceptors (Lipinski definition) is 28. The van der Waals surface area contributed by atoms with E-state index < -0.39 is 215 Å². The molecule has 0 aliphatic carbocycles. The zero-order valence-electron chi connectivity index (χ0n) is 39.2. The summed E-state index contributed by atoms with van der Waals surface area (Å²) in [6.07, 6.45) is -55.6. The normalized spacial score (nSPS) is 59.7. The van der Waals surface area contributed by atoms with E-state index in [9.17, 15) is 71.5 Å². The maximum atomic E-state index is 11.3. The van der Waals surface area contributed by atoms with Crippen molar-refractivity contribution in [1.82, 2.24) is 0 Å². The Morgan fingerprint density at radius 2 is 0.257 bits per heavy atom. The lowest BCUT2D eigenvalue weighted by Crippen LogP contribution is -2.66. The first-order valence-electron chi connectivity index (χ1n) is 23.6. The van der Waals surface area contributed by atoms with Crippen LogP contribution in [0.2, 0.25) is 0 Å². The highest BCUT2D eigenvalue weighted by atomic mass is 16.8. The number of aliphatic hydroxyl groups excluding tert-OH is 14. The first-order chi connectivity index (χ1) is 32.9. The third kappa shape index (κ3) is 10.4. The van der Waals surface area contributed by atoms with Crippen LogP contribution in [0.3, 0.4) is 0 Å². The van der Waals surface area contributed by atoms with E-state index in [0.717, 1.165) is 0 Å². The van der Waals surface area contributed by atoms with E-state index in [0.29, 0.717) is 0 Å². The molecule has 15 unspecified atom stereocenters. The van der Waals surface area contributed by atoms with Crippen molar-refractivity contribution in [2.24, 2.45) is 0 Å². The standard InChI is InChI=1S/C42H70O28/c1-8-29-15(43)22(50)36(57-8)65-30-9(2)59-38(24(52)17(30)45)67-32-11(4)61-40(26(54)19(32)47)69-34-13(6)63-42(28(56)21(34)49)70-35-14(7)62-41(27(55)20(35)48)68-33-12(5)60-39(25(53)18(33)46)66-31-10(3)58-37(64-29)23(51)16(31)44/h8-56H,1-7H3/t8?,9?,10?,11?,12?,13?,14?,15-,16-,17-,18-,19-,20-,21-,22+,23+,24?,25?,26?,27?,28?,29-,30-,31-,32-,33?,34-,35-,36?,37?,38-,39-,40-,41-,42-/m1/s1. The monoisotopic (exact) mass is 1020 g/mol. The maximum Gasteiger partial charge on any atom is 0.187 e. The van der Waals surface area contributed by atoms with Gasteiger partial charge in [0.05, 0.1) is 42.7 Å². The molecule has 28 nitrogen and oxygen atoms in total. The Labute approximate surface area is 400 Å². The number of hydrogen-bond donors (Lipinski definition) is 14. The number of ether oxygens (including phenoxy) is 14. The molecule has 28 heteroatoms. The topological polar surface area (TPSA) is 412 Å². The van der Waals surface area contributed by atoms with Crippen LogP contribution in [0.15, 0.2) is 0 Å². The molecule has 0 radical (unpaired) electrons. The molecule has 21 saturated heterocycles. The molecule has 0 spiro atoms. The van der Waals surface area contributed by atoms with Gasteiger partial charge in [-0.2, -0.15) is 0 Å². The molecule has 0 aromatic heterocycles. The lowest BCUT2D eigenvalue weighted by atomic mass is 9.96. The maximum absolute atomic E-state index is 11.3. The van der Waals surface area contributed by atoms with E-state index in [4.69, 9.17) is 66.3 Å². The van der Waals surface area contributed by atoms with Crippen molar-refractivity contribution in [3.05, 3.63) is 0 Å². The zero-order valence-corrected chi connectivity index (χ0v) is 39.2. The summed E-state index contributed by atoms with van der Waals surface area (Å²) in [5.41, 5.74) is 0. The van der Waals surface area contributed by atoms with Gasteiger partial charge in [-0.25, -0.2) is 0 Å². The van der Waals surface area contributed by atoms with E-state index >= 15 is 0 Å². The third-order valence-electron chi connectivity index (χ3n) is 14.5. The molecule has 0 amide bonds. The third-order valence-corrected chi connectivity index (χ3v) is 14.5. The highest BCUT2D eigenvalue weighted by Crippen LogP contribution is 2.38. The first kappa shape index (κ1) is 55.1. The van der Waals surface area contributed by atoms with Crippen molar-refractivity contribution in [3.8, 4) is 0 Å². The molecule has 0 saturated carbocycles. The van der Waals surface area contributed by atoms with Crippen molar-refractivity contribution >= 4 is 0 Å². The van der Waals surface area contributed by atoms with Crippen LogP contribution in [0.25, 0.3) is 0 Å². The molecular formula is C42H70O28. The SMILES string of the molecule is CC1O[C@@H]2O[C@@H]3C(C)OC(O[C@@H]4C(C)OC(O[C@@H]5C(C)O[C@H](O[C@@H]6C(C)O[C@H](O[C@@H]7C(C)O[C@H](O[C@@H]8C(C)O[C@H](OC1[C@H](O)C2O)C(O)[C@H]8O)C(O)[C@H]7O)C(O)[C@H]6O)C(O)[C@H]5O)[C@@H](O)[C@H]4O)[C@@H](O)[C@H]3O. The van der Waals surface area contributed by atoms with Gasteiger partial charge in [0.1, 0.15) is 128 Å². The molecule has 0 aromatic carbocycles. The van der Waals surface area contributed by atoms with Crippen LogP contribution >= 0.6 is 0 Å². The Balaban J connectivity index is 1.02. The lowest BCUT2D eigenvalue weighted by Gasteiger charge is -2.49. The summed E-state index contributed by atoms with van der Waals surface area (Å²) in [7, 11) is 0. The smallest absolute Gasteiger partial charge is 0.187 e. The summed E-state index contributed by atoms with van der Waals surface area (Å²) in [5.74, 6) is 0. The zero-order chi connectivity index (χ0) is 51.1. The summed E-state index contributed by atoms with van der Waals surface area (Å²) < 4.78 is 82.0. The van der Waals surface area contributed by atoms with Gasteiger partial charge in [-0.3, -0.25) is 0 Å². The molecule has 21 aliphatic rings. The Hall–Kier alpha value is -1.12. The van der Waals surface area contributed by atoms with Gasteiger partial charge >= 0.3 is 0 Å².